The zero-order chi connectivity index (χ0) is 25.2. The quantitative estimate of drug-likeness (QED) is 0.544. The molecule has 2 saturated heterocycles. The fourth-order valence-corrected chi connectivity index (χ4v) is 4.16. The van der Waals surface area contributed by atoms with Crippen LogP contribution in [-0.4, -0.2) is 61.6 Å². The van der Waals surface area contributed by atoms with Gasteiger partial charge in [-0.1, -0.05) is 74.5 Å². The molecule has 0 aromatic heterocycles. The van der Waals surface area contributed by atoms with E-state index < -0.39 is 37.1 Å². The van der Waals surface area contributed by atoms with Gasteiger partial charge in [0.15, 0.2) is 24.9 Å². The van der Waals surface area contributed by atoms with Crippen molar-refractivity contribution in [3.05, 3.63) is 71.8 Å². The van der Waals surface area contributed by atoms with Crippen molar-refractivity contribution in [3.8, 4) is 0 Å². The molecule has 0 saturated carbocycles. The summed E-state index contributed by atoms with van der Waals surface area (Å²) in [5, 5.41) is 9.29. The summed E-state index contributed by atoms with van der Waals surface area (Å²) >= 11 is 0. The van der Waals surface area contributed by atoms with Gasteiger partial charge in [-0.15, -0.1) is 0 Å². The number of ether oxygens (including phenoxy) is 5. The molecule has 4 rings (SSSR count). The number of hydrogen-bond acceptors (Lipinski definition) is 6. The third-order valence-corrected chi connectivity index (χ3v) is 6.12. The van der Waals surface area contributed by atoms with E-state index in [4.69, 9.17) is 23.7 Å². The maximum atomic E-state index is 14.0. The minimum Gasteiger partial charge on any atom is -0.368 e. The molecule has 2 heterocycles. The van der Waals surface area contributed by atoms with E-state index in [2.05, 4.69) is 0 Å². The molecule has 0 spiro atoms. The summed E-state index contributed by atoms with van der Waals surface area (Å²) in [5.74, 6) is 0. The molecule has 0 radical (unpaired) electrons. The first-order valence-corrected chi connectivity index (χ1v) is 12.1. The number of methoxy groups -OCH3 is 1. The van der Waals surface area contributed by atoms with Gasteiger partial charge in [0.2, 0.25) is 0 Å². The van der Waals surface area contributed by atoms with Gasteiger partial charge in [-0.3, -0.25) is 0 Å². The minimum absolute atomic E-state index is 0.242. The Bertz CT molecular complexity index is 840. The summed E-state index contributed by atoms with van der Waals surface area (Å²) in [5.41, 5.74) is 2.01. The van der Waals surface area contributed by atoms with Crippen LogP contribution in [-0.2, 0) is 36.9 Å². The van der Waals surface area contributed by atoms with Gasteiger partial charge in [0, 0.05) is 7.11 Å². The molecule has 2 aliphatic heterocycles. The van der Waals surface area contributed by atoms with Crippen molar-refractivity contribution in [3.63, 3.8) is 0 Å². The fraction of sp³-hybridized carbons (Fsp3) is 0.556. The molecule has 2 aromatic rings. The van der Waals surface area contributed by atoms with Crippen molar-refractivity contribution in [1.29, 1.82) is 0 Å². The van der Waals surface area contributed by atoms with Crippen LogP contribution in [0.15, 0.2) is 60.7 Å². The standard InChI is InChI=1S/C14H19FO3.C13H17FO3/c1-3-11-13(12(15)14(16-2)18-11)17-9-10-7-5-4-6-8-10;1-2-10-12(11(14)13(15)17-10)16-8-9-6-4-3-5-7-9/h4-8,11-14H,3,9H2,1-2H3;3-7,10-13,15H,2,8H2,1H3/t11-,12+,13?,14?;10-,11+,12?,13?/m11/s1. The van der Waals surface area contributed by atoms with Gasteiger partial charge in [0.1, 0.15) is 12.2 Å². The van der Waals surface area contributed by atoms with Crippen LogP contribution in [0.4, 0.5) is 8.78 Å². The normalized spacial score (nSPS) is 32.3. The first kappa shape index (κ1) is 27.6. The number of alkyl halides is 2. The van der Waals surface area contributed by atoms with Crippen LogP contribution in [0.1, 0.15) is 37.8 Å². The summed E-state index contributed by atoms with van der Waals surface area (Å²) in [4.78, 5) is 0. The second-order valence-electron chi connectivity index (χ2n) is 8.57. The number of rotatable bonds is 9. The molecule has 194 valence electrons. The highest BCUT2D eigenvalue weighted by Gasteiger charge is 2.45. The first-order valence-electron chi connectivity index (χ1n) is 12.1. The number of benzene rings is 2. The number of aliphatic hydroxyl groups is 1. The van der Waals surface area contributed by atoms with E-state index in [1.54, 1.807) is 0 Å². The van der Waals surface area contributed by atoms with Crippen LogP contribution in [0.3, 0.4) is 0 Å². The number of aliphatic hydroxyl groups excluding tert-OH is 1. The second-order valence-corrected chi connectivity index (χ2v) is 8.57. The van der Waals surface area contributed by atoms with Crippen LogP contribution in [0.25, 0.3) is 0 Å². The highest BCUT2D eigenvalue weighted by Crippen LogP contribution is 2.30. The van der Waals surface area contributed by atoms with Crippen LogP contribution in [0.5, 0.6) is 0 Å². The van der Waals surface area contributed by atoms with Crippen molar-refractivity contribution in [2.24, 2.45) is 0 Å². The van der Waals surface area contributed by atoms with Gasteiger partial charge in [0.05, 0.1) is 25.4 Å². The Kier molecular flexibility index (Phi) is 11.0. The van der Waals surface area contributed by atoms with Gasteiger partial charge >= 0.3 is 0 Å². The van der Waals surface area contributed by atoms with Crippen molar-refractivity contribution >= 4 is 0 Å². The lowest BCUT2D eigenvalue weighted by Gasteiger charge is -2.18. The highest BCUT2D eigenvalue weighted by atomic mass is 19.1. The molecule has 0 aliphatic carbocycles. The van der Waals surface area contributed by atoms with E-state index in [1.807, 2.05) is 74.5 Å². The molecule has 8 heteroatoms. The van der Waals surface area contributed by atoms with Gasteiger partial charge < -0.3 is 28.8 Å². The van der Waals surface area contributed by atoms with Gasteiger partial charge in [-0.05, 0) is 24.0 Å². The van der Waals surface area contributed by atoms with Gasteiger partial charge in [-0.2, -0.15) is 0 Å². The van der Waals surface area contributed by atoms with E-state index >= 15 is 0 Å². The Morgan fingerprint density at radius 2 is 1.20 bits per heavy atom. The molecule has 2 fully saturated rings. The smallest absolute Gasteiger partial charge is 0.191 e. The molecular weight excluding hydrogens is 458 g/mol. The van der Waals surface area contributed by atoms with E-state index in [0.717, 1.165) is 11.1 Å². The lowest BCUT2D eigenvalue weighted by molar-refractivity contribution is -0.135. The molecule has 8 atom stereocenters. The SMILES string of the molecule is CC[C@H]1OC(O)[C@@H](F)C1OCc1ccccc1.CC[C@H]1OC(OC)[C@@H](F)C1OCc1ccccc1. The Labute approximate surface area is 206 Å². The lowest BCUT2D eigenvalue weighted by atomic mass is 10.1. The fourth-order valence-electron chi connectivity index (χ4n) is 4.16. The van der Waals surface area contributed by atoms with E-state index in [9.17, 15) is 13.9 Å². The molecule has 0 amide bonds. The van der Waals surface area contributed by atoms with Gasteiger partial charge in [-0.25, -0.2) is 8.78 Å². The predicted molar refractivity (Wildman–Crippen MR) is 127 cm³/mol. The zero-order valence-corrected chi connectivity index (χ0v) is 20.5. The van der Waals surface area contributed by atoms with Crippen LogP contribution >= 0.6 is 0 Å². The van der Waals surface area contributed by atoms with E-state index in [1.165, 1.54) is 7.11 Å². The average molecular weight is 495 g/mol. The van der Waals surface area contributed by atoms with Crippen LogP contribution in [0, 0.1) is 0 Å². The molecule has 4 unspecified atom stereocenters. The predicted octanol–water partition coefficient (Wildman–Crippen LogP) is 4.73. The lowest BCUT2D eigenvalue weighted by Crippen LogP contribution is -2.32. The molecule has 35 heavy (non-hydrogen) atoms. The van der Waals surface area contributed by atoms with Crippen LogP contribution in [0.2, 0.25) is 0 Å². The third kappa shape index (κ3) is 7.52. The molecule has 2 aliphatic rings. The summed E-state index contributed by atoms with van der Waals surface area (Å²) < 4.78 is 54.3. The Morgan fingerprint density at radius 3 is 1.66 bits per heavy atom. The highest BCUT2D eigenvalue weighted by molar-refractivity contribution is 5.14. The summed E-state index contributed by atoms with van der Waals surface area (Å²) in [6.45, 7) is 4.56. The molecule has 0 bridgehead atoms. The van der Waals surface area contributed by atoms with Gasteiger partial charge in [0.25, 0.3) is 0 Å². The largest absolute Gasteiger partial charge is 0.368 e. The summed E-state index contributed by atoms with van der Waals surface area (Å²) in [6.07, 6.45) is -5.40. The molecule has 2 aromatic carbocycles. The van der Waals surface area contributed by atoms with E-state index in [-0.39, 0.29) is 12.2 Å². The summed E-state index contributed by atoms with van der Waals surface area (Å²) in [6, 6.07) is 19.3. The average Bonchev–Trinajstić information content (AvgIpc) is 3.37. The maximum Gasteiger partial charge on any atom is 0.191 e. The van der Waals surface area contributed by atoms with Crippen molar-refractivity contribution in [1.82, 2.24) is 0 Å². The van der Waals surface area contributed by atoms with Crippen LogP contribution < -0.4 is 0 Å². The summed E-state index contributed by atoms with van der Waals surface area (Å²) in [7, 11) is 1.45. The number of halogens is 2. The third-order valence-electron chi connectivity index (χ3n) is 6.12. The van der Waals surface area contributed by atoms with Crippen molar-refractivity contribution in [2.45, 2.75) is 89.2 Å². The monoisotopic (exact) mass is 494 g/mol. The first-order chi connectivity index (χ1) is 17.0. The molecular formula is C27H36F2O6. The number of hydrogen-bond donors (Lipinski definition) is 1. The van der Waals surface area contributed by atoms with Crippen molar-refractivity contribution in [2.75, 3.05) is 7.11 Å². The Morgan fingerprint density at radius 1 is 0.743 bits per heavy atom. The zero-order valence-electron chi connectivity index (χ0n) is 20.5. The Balaban J connectivity index is 0.000000196. The second kappa shape index (κ2) is 14.0. The maximum absolute atomic E-state index is 14.0. The van der Waals surface area contributed by atoms with Crippen molar-refractivity contribution < 1.29 is 37.6 Å². The topological polar surface area (TPSA) is 66.4 Å². The minimum atomic E-state index is -1.47. The molecule has 1 N–H and O–H groups in total. The Hall–Kier alpha value is -1.94. The molecule has 6 nitrogen and oxygen atoms in total. The van der Waals surface area contributed by atoms with E-state index in [0.29, 0.717) is 26.1 Å².